The number of nitrogens with two attached hydrogens (primary N) is 1. The minimum atomic E-state index is 0.235. The summed E-state index contributed by atoms with van der Waals surface area (Å²) in [6.07, 6.45) is 0. The molecule has 2 N–H and O–H groups in total. The van der Waals surface area contributed by atoms with Crippen LogP contribution in [0, 0.1) is 0 Å². The van der Waals surface area contributed by atoms with Crippen LogP contribution in [0.25, 0.3) is 0 Å². The molecule has 0 unspecified atom stereocenters. The van der Waals surface area contributed by atoms with Crippen LogP contribution in [0.1, 0.15) is 5.89 Å². The zero-order valence-electron chi connectivity index (χ0n) is 9.81. The number of hydrogen-bond acceptors (Lipinski definition) is 6. The van der Waals surface area contributed by atoms with E-state index in [9.17, 15) is 0 Å². The maximum Gasteiger partial charge on any atom is 0.276 e. The van der Waals surface area contributed by atoms with E-state index in [1.165, 1.54) is 11.8 Å². The molecular formula is C11H11Cl2N3O2S. The predicted molar refractivity (Wildman–Crippen MR) is 74.9 cm³/mol. The third-order valence-electron chi connectivity index (χ3n) is 2.10. The van der Waals surface area contributed by atoms with Gasteiger partial charge in [-0.05, 0) is 12.1 Å². The highest BCUT2D eigenvalue weighted by molar-refractivity contribution is 7.99. The molecule has 0 fully saturated rings. The lowest BCUT2D eigenvalue weighted by molar-refractivity contribution is 0.343. The molecule has 8 heteroatoms. The molecule has 0 aliphatic heterocycles. The van der Waals surface area contributed by atoms with Gasteiger partial charge in [0.05, 0.1) is 23.2 Å². The first-order chi connectivity index (χ1) is 9.20. The van der Waals surface area contributed by atoms with E-state index in [4.69, 9.17) is 38.1 Å². The van der Waals surface area contributed by atoms with Crippen LogP contribution < -0.4 is 10.5 Å². The lowest BCUT2D eigenvalue weighted by Crippen LogP contribution is -2.01. The standard InChI is InChI=1S/C11H11Cl2N3O2S/c12-7-2-1-3-8(13)10(7)17-4-5-19-11-16-15-9(6-14)18-11/h1-3H,4-6,14H2. The monoisotopic (exact) mass is 319 g/mol. The summed E-state index contributed by atoms with van der Waals surface area (Å²) < 4.78 is 10.8. The van der Waals surface area contributed by atoms with E-state index in [1.54, 1.807) is 18.2 Å². The highest BCUT2D eigenvalue weighted by atomic mass is 35.5. The number of hydrogen-bond donors (Lipinski definition) is 1. The highest BCUT2D eigenvalue weighted by Crippen LogP contribution is 2.32. The second kappa shape index (κ2) is 7.00. The summed E-state index contributed by atoms with van der Waals surface area (Å²) in [4.78, 5) is 0. The van der Waals surface area contributed by atoms with E-state index in [-0.39, 0.29) is 6.54 Å². The number of benzene rings is 1. The van der Waals surface area contributed by atoms with Crippen LogP contribution in [0.3, 0.4) is 0 Å². The molecule has 0 radical (unpaired) electrons. The fourth-order valence-electron chi connectivity index (χ4n) is 1.27. The van der Waals surface area contributed by atoms with E-state index >= 15 is 0 Å². The van der Waals surface area contributed by atoms with Gasteiger partial charge in [-0.1, -0.05) is 41.0 Å². The lowest BCUT2D eigenvalue weighted by Gasteiger charge is -2.08. The van der Waals surface area contributed by atoms with Crippen LogP contribution in [-0.2, 0) is 6.54 Å². The van der Waals surface area contributed by atoms with Crippen molar-refractivity contribution >= 4 is 35.0 Å². The fraction of sp³-hybridized carbons (Fsp3) is 0.273. The van der Waals surface area contributed by atoms with Gasteiger partial charge < -0.3 is 14.9 Å². The molecule has 0 saturated heterocycles. The number of rotatable bonds is 6. The van der Waals surface area contributed by atoms with Crippen LogP contribution >= 0.6 is 35.0 Å². The zero-order valence-corrected chi connectivity index (χ0v) is 12.1. The summed E-state index contributed by atoms with van der Waals surface area (Å²) in [6, 6.07) is 5.21. The quantitative estimate of drug-likeness (QED) is 0.651. The average molecular weight is 320 g/mol. The Balaban J connectivity index is 1.80. The lowest BCUT2D eigenvalue weighted by atomic mass is 10.3. The van der Waals surface area contributed by atoms with Crippen molar-refractivity contribution in [2.45, 2.75) is 11.8 Å². The van der Waals surface area contributed by atoms with Gasteiger partial charge in [0.2, 0.25) is 5.89 Å². The Bertz CT molecular complexity index is 530. The molecule has 2 rings (SSSR count). The van der Waals surface area contributed by atoms with Gasteiger partial charge in [0, 0.05) is 5.75 Å². The van der Waals surface area contributed by atoms with Gasteiger partial charge in [-0.25, -0.2) is 0 Å². The van der Waals surface area contributed by atoms with Crippen molar-refractivity contribution in [1.29, 1.82) is 0 Å². The number of para-hydroxylation sites is 1. The minimum Gasteiger partial charge on any atom is -0.490 e. The summed E-state index contributed by atoms with van der Waals surface area (Å²) in [5.74, 6) is 1.53. The van der Waals surface area contributed by atoms with Crippen LogP contribution in [0.5, 0.6) is 5.75 Å². The van der Waals surface area contributed by atoms with Gasteiger partial charge in [-0.2, -0.15) is 0 Å². The van der Waals surface area contributed by atoms with E-state index in [0.29, 0.717) is 39.3 Å². The van der Waals surface area contributed by atoms with Gasteiger partial charge in [-0.3, -0.25) is 0 Å². The number of ether oxygens (including phenoxy) is 1. The average Bonchev–Trinajstić information content (AvgIpc) is 2.85. The minimum absolute atomic E-state index is 0.235. The van der Waals surface area contributed by atoms with Crippen LogP contribution in [0.4, 0.5) is 0 Å². The van der Waals surface area contributed by atoms with Crippen LogP contribution in [-0.4, -0.2) is 22.6 Å². The van der Waals surface area contributed by atoms with Gasteiger partial charge in [0.25, 0.3) is 5.22 Å². The van der Waals surface area contributed by atoms with Crippen molar-refractivity contribution in [3.63, 3.8) is 0 Å². The molecule has 102 valence electrons. The Morgan fingerprint density at radius 1 is 1.26 bits per heavy atom. The first-order valence-electron chi connectivity index (χ1n) is 5.42. The van der Waals surface area contributed by atoms with Gasteiger partial charge in [0.1, 0.15) is 0 Å². The summed E-state index contributed by atoms with van der Waals surface area (Å²) in [7, 11) is 0. The summed E-state index contributed by atoms with van der Waals surface area (Å²) in [5.41, 5.74) is 5.37. The smallest absolute Gasteiger partial charge is 0.276 e. The van der Waals surface area contributed by atoms with Crippen molar-refractivity contribution in [1.82, 2.24) is 10.2 Å². The van der Waals surface area contributed by atoms with Crippen molar-refractivity contribution in [2.24, 2.45) is 5.73 Å². The molecule has 5 nitrogen and oxygen atoms in total. The molecule has 2 aromatic rings. The number of aromatic nitrogens is 2. The molecule has 0 spiro atoms. The molecule has 0 aliphatic rings. The van der Waals surface area contributed by atoms with Gasteiger partial charge >= 0.3 is 0 Å². The maximum atomic E-state index is 5.98. The normalized spacial score (nSPS) is 10.7. The molecule has 1 aromatic carbocycles. The Morgan fingerprint density at radius 2 is 2.00 bits per heavy atom. The van der Waals surface area contributed by atoms with Crippen molar-refractivity contribution in [2.75, 3.05) is 12.4 Å². The number of nitrogens with zero attached hydrogens (tertiary/aromatic N) is 2. The largest absolute Gasteiger partial charge is 0.490 e. The molecule has 1 aromatic heterocycles. The zero-order chi connectivity index (χ0) is 13.7. The number of halogens is 2. The molecule has 1 heterocycles. The van der Waals surface area contributed by atoms with Crippen molar-refractivity contribution in [3.8, 4) is 5.75 Å². The highest BCUT2D eigenvalue weighted by Gasteiger charge is 2.08. The molecule has 19 heavy (non-hydrogen) atoms. The second-order valence-corrected chi connectivity index (χ2v) is 5.27. The molecule has 0 amide bonds. The molecule has 0 saturated carbocycles. The van der Waals surface area contributed by atoms with E-state index in [1.807, 2.05) is 0 Å². The van der Waals surface area contributed by atoms with Gasteiger partial charge in [-0.15, -0.1) is 10.2 Å². The third-order valence-corrected chi connectivity index (χ3v) is 3.48. The topological polar surface area (TPSA) is 74.2 Å². The predicted octanol–water partition coefficient (Wildman–Crippen LogP) is 3.01. The van der Waals surface area contributed by atoms with E-state index in [0.717, 1.165) is 0 Å². The summed E-state index contributed by atoms with van der Waals surface area (Å²) in [6.45, 7) is 0.660. The molecular weight excluding hydrogens is 309 g/mol. The molecule has 0 bridgehead atoms. The first-order valence-corrected chi connectivity index (χ1v) is 7.17. The first kappa shape index (κ1) is 14.5. The van der Waals surface area contributed by atoms with Crippen molar-refractivity contribution < 1.29 is 9.15 Å². The summed E-state index contributed by atoms with van der Waals surface area (Å²) in [5, 5.41) is 9.02. The Hall–Kier alpha value is -0.950. The molecule has 0 aliphatic carbocycles. The molecule has 0 atom stereocenters. The Labute approximate surface area is 124 Å². The Morgan fingerprint density at radius 3 is 2.63 bits per heavy atom. The SMILES string of the molecule is NCc1nnc(SCCOc2c(Cl)cccc2Cl)o1. The van der Waals surface area contributed by atoms with Crippen molar-refractivity contribution in [3.05, 3.63) is 34.1 Å². The van der Waals surface area contributed by atoms with Crippen LogP contribution in [0.15, 0.2) is 27.8 Å². The maximum absolute atomic E-state index is 5.98. The van der Waals surface area contributed by atoms with E-state index < -0.39 is 0 Å². The summed E-state index contributed by atoms with van der Waals surface area (Å²) >= 11 is 13.3. The number of thioether (sulfide) groups is 1. The van der Waals surface area contributed by atoms with Gasteiger partial charge in [0.15, 0.2) is 5.75 Å². The van der Waals surface area contributed by atoms with Crippen LogP contribution in [0.2, 0.25) is 10.0 Å². The Kier molecular flexibility index (Phi) is 5.33. The fourth-order valence-corrected chi connectivity index (χ4v) is 2.37. The van der Waals surface area contributed by atoms with E-state index in [2.05, 4.69) is 10.2 Å². The third kappa shape index (κ3) is 4.01. The second-order valence-electron chi connectivity index (χ2n) is 3.41.